The molecular weight excluding hydrogens is 336 g/mol. The Kier molecular flexibility index (Phi) is 6.08. The lowest BCUT2D eigenvalue weighted by molar-refractivity contribution is 0.0600. The lowest BCUT2D eigenvalue weighted by Gasteiger charge is -2.34. The zero-order valence-corrected chi connectivity index (χ0v) is 15.2. The van der Waals surface area contributed by atoms with Crippen molar-refractivity contribution in [2.45, 2.75) is 13.1 Å². The molecule has 2 aromatic rings. The summed E-state index contributed by atoms with van der Waals surface area (Å²) in [5, 5.41) is 0.780. The first-order valence-electron chi connectivity index (χ1n) is 8.50. The van der Waals surface area contributed by atoms with Gasteiger partial charge in [-0.1, -0.05) is 35.9 Å². The summed E-state index contributed by atoms with van der Waals surface area (Å²) in [6.07, 6.45) is 0. The highest BCUT2D eigenvalue weighted by atomic mass is 35.5. The number of hydrogen-bond donors (Lipinski definition) is 0. The van der Waals surface area contributed by atoms with E-state index in [-0.39, 0.29) is 5.97 Å². The second-order valence-corrected chi connectivity index (χ2v) is 6.81. The van der Waals surface area contributed by atoms with Crippen LogP contribution in [0.5, 0.6) is 0 Å². The third kappa shape index (κ3) is 5.05. The lowest BCUT2D eigenvalue weighted by Crippen LogP contribution is -2.45. The monoisotopic (exact) mass is 358 g/mol. The van der Waals surface area contributed by atoms with Crippen molar-refractivity contribution in [2.24, 2.45) is 0 Å². The van der Waals surface area contributed by atoms with E-state index in [0.29, 0.717) is 5.56 Å². The number of esters is 1. The van der Waals surface area contributed by atoms with Gasteiger partial charge >= 0.3 is 5.97 Å². The second kappa shape index (κ2) is 8.48. The van der Waals surface area contributed by atoms with Crippen LogP contribution in [0.4, 0.5) is 0 Å². The molecule has 0 unspecified atom stereocenters. The van der Waals surface area contributed by atoms with Crippen LogP contribution in [0.15, 0.2) is 48.5 Å². The number of benzene rings is 2. The SMILES string of the molecule is COC(=O)c1cccc(CN2CCN(Cc3ccc(Cl)cc3)CC2)c1. The molecule has 5 heteroatoms. The van der Waals surface area contributed by atoms with E-state index >= 15 is 0 Å². The van der Waals surface area contributed by atoms with Gasteiger partial charge in [0.15, 0.2) is 0 Å². The number of nitrogens with zero attached hydrogens (tertiary/aromatic N) is 2. The first kappa shape index (κ1) is 17.9. The minimum Gasteiger partial charge on any atom is -0.465 e. The molecule has 1 fully saturated rings. The number of methoxy groups -OCH3 is 1. The molecular formula is C20H23ClN2O2. The van der Waals surface area contributed by atoms with Gasteiger partial charge in [0.1, 0.15) is 0 Å². The fourth-order valence-electron chi connectivity index (χ4n) is 3.13. The maximum atomic E-state index is 11.6. The predicted molar refractivity (Wildman–Crippen MR) is 99.8 cm³/mol. The highest BCUT2D eigenvalue weighted by Crippen LogP contribution is 2.15. The molecule has 0 atom stereocenters. The van der Waals surface area contributed by atoms with Crippen LogP contribution in [0.3, 0.4) is 0 Å². The van der Waals surface area contributed by atoms with Crippen molar-refractivity contribution in [3.8, 4) is 0 Å². The Morgan fingerprint density at radius 1 is 0.960 bits per heavy atom. The molecule has 1 aliphatic heterocycles. The largest absolute Gasteiger partial charge is 0.465 e. The predicted octanol–water partition coefficient (Wildman–Crippen LogP) is 3.44. The Morgan fingerprint density at radius 3 is 2.16 bits per heavy atom. The van der Waals surface area contributed by atoms with Crippen molar-refractivity contribution in [3.05, 3.63) is 70.2 Å². The Bertz CT molecular complexity index is 710. The second-order valence-electron chi connectivity index (χ2n) is 6.37. The van der Waals surface area contributed by atoms with Gasteiger partial charge < -0.3 is 4.74 Å². The molecule has 3 rings (SSSR count). The van der Waals surface area contributed by atoms with Crippen molar-refractivity contribution in [3.63, 3.8) is 0 Å². The third-order valence-corrected chi connectivity index (χ3v) is 4.79. The van der Waals surface area contributed by atoms with E-state index < -0.39 is 0 Å². The average Bonchev–Trinajstić information content (AvgIpc) is 2.65. The highest BCUT2D eigenvalue weighted by Gasteiger charge is 2.17. The number of carbonyl (C=O) groups is 1. The van der Waals surface area contributed by atoms with Crippen LogP contribution in [0, 0.1) is 0 Å². The summed E-state index contributed by atoms with van der Waals surface area (Å²) in [7, 11) is 1.41. The van der Waals surface area contributed by atoms with Crippen LogP contribution in [0.2, 0.25) is 5.02 Å². The Morgan fingerprint density at radius 2 is 1.56 bits per heavy atom. The minimum atomic E-state index is -0.283. The molecule has 0 N–H and O–H groups in total. The normalized spacial score (nSPS) is 15.9. The fraction of sp³-hybridized carbons (Fsp3) is 0.350. The van der Waals surface area contributed by atoms with Gasteiger partial charge in [0.25, 0.3) is 0 Å². The summed E-state index contributed by atoms with van der Waals surface area (Å²) >= 11 is 5.94. The number of hydrogen-bond acceptors (Lipinski definition) is 4. The highest BCUT2D eigenvalue weighted by molar-refractivity contribution is 6.30. The van der Waals surface area contributed by atoms with E-state index in [1.54, 1.807) is 6.07 Å². The number of rotatable bonds is 5. The molecule has 4 nitrogen and oxygen atoms in total. The Labute approximate surface area is 154 Å². The molecule has 2 aromatic carbocycles. The smallest absolute Gasteiger partial charge is 0.337 e. The van der Waals surface area contributed by atoms with Gasteiger partial charge in [-0.3, -0.25) is 9.80 Å². The van der Waals surface area contributed by atoms with Gasteiger partial charge in [-0.05, 0) is 35.4 Å². The van der Waals surface area contributed by atoms with E-state index in [1.165, 1.54) is 12.7 Å². The molecule has 1 aliphatic rings. The van der Waals surface area contributed by atoms with E-state index in [2.05, 4.69) is 28.0 Å². The number of piperazine rings is 1. The summed E-state index contributed by atoms with van der Waals surface area (Å²) in [5.41, 5.74) is 3.05. The minimum absolute atomic E-state index is 0.283. The summed E-state index contributed by atoms with van der Waals surface area (Å²) in [6.45, 7) is 5.95. The van der Waals surface area contributed by atoms with Gasteiger partial charge in [-0.2, -0.15) is 0 Å². The van der Waals surface area contributed by atoms with Gasteiger partial charge in [0, 0.05) is 44.3 Å². The quantitative estimate of drug-likeness (QED) is 0.766. The third-order valence-electron chi connectivity index (χ3n) is 4.54. The number of halogens is 1. The average molecular weight is 359 g/mol. The van der Waals surface area contributed by atoms with Gasteiger partial charge in [0.2, 0.25) is 0 Å². The molecule has 1 heterocycles. The first-order valence-corrected chi connectivity index (χ1v) is 8.88. The van der Waals surface area contributed by atoms with Crippen LogP contribution in [-0.4, -0.2) is 49.1 Å². The van der Waals surface area contributed by atoms with Gasteiger partial charge in [-0.25, -0.2) is 4.79 Å². The topological polar surface area (TPSA) is 32.8 Å². The Balaban J connectivity index is 1.51. The van der Waals surface area contributed by atoms with E-state index in [9.17, 15) is 4.79 Å². The van der Waals surface area contributed by atoms with E-state index in [4.69, 9.17) is 16.3 Å². The Hall–Kier alpha value is -1.88. The summed E-state index contributed by atoms with van der Waals surface area (Å²) in [6, 6.07) is 15.8. The van der Waals surface area contributed by atoms with Crippen LogP contribution in [0.25, 0.3) is 0 Å². The van der Waals surface area contributed by atoms with Crippen LogP contribution in [-0.2, 0) is 17.8 Å². The number of ether oxygens (including phenoxy) is 1. The summed E-state index contributed by atoms with van der Waals surface area (Å²) < 4.78 is 4.79. The lowest BCUT2D eigenvalue weighted by atomic mass is 10.1. The van der Waals surface area contributed by atoms with Crippen molar-refractivity contribution >= 4 is 17.6 Å². The molecule has 0 aromatic heterocycles. The van der Waals surface area contributed by atoms with E-state index in [1.807, 2.05) is 24.3 Å². The molecule has 0 amide bonds. The molecule has 0 saturated carbocycles. The summed E-state index contributed by atoms with van der Waals surface area (Å²) in [4.78, 5) is 16.5. The van der Waals surface area contributed by atoms with Crippen LogP contribution < -0.4 is 0 Å². The molecule has 0 spiro atoms. The molecule has 25 heavy (non-hydrogen) atoms. The van der Waals surface area contributed by atoms with Crippen molar-refractivity contribution in [1.29, 1.82) is 0 Å². The van der Waals surface area contributed by atoms with Gasteiger partial charge in [-0.15, -0.1) is 0 Å². The molecule has 0 aliphatic carbocycles. The molecule has 1 saturated heterocycles. The number of carbonyl (C=O) groups excluding carboxylic acids is 1. The molecule has 132 valence electrons. The van der Waals surface area contributed by atoms with Crippen molar-refractivity contribution in [1.82, 2.24) is 9.80 Å². The van der Waals surface area contributed by atoms with Crippen molar-refractivity contribution in [2.75, 3.05) is 33.3 Å². The van der Waals surface area contributed by atoms with E-state index in [0.717, 1.165) is 49.9 Å². The molecule has 0 bridgehead atoms. The first-order chi connectivity index (χ1) is 12.1. The van der Waals surface area contributed by atoms with Crippen molar-refractivity contribution < 1.29 is 9.53 Å². The molecule has 0 radical (unpaired) electrons. The maximum absolute atomic E-state index is 11.6. The maximum Gasteiger partial charge on any atom is 0.337 e. The van der Waals surface area contributed by atoms with Crippen LogP contribution >= 0.6 is 11.6 Å². The summed E-state index contributed by atoms with van der Waals surface area (Å²) in [5.74, 6) is -0.283. The van der Waals surface area contributed by atoms with Crippen LogP contribution in [0.1, 0.15) is 21.5 Å². The zero-order chi connectivity index (χ0) is 17.6. The fourth-order valence-corrected chi connectivity index (χ4v) is 3.25. The van der Waals surface area contributed by atoms with Gasteiger partial charge in [0.05, 0.1) is 12.7 Å². The standard InChI is InChI=1S/C20H23ClN2O2/c1-25-20(24)18-4-2-3-17(13-18)15-23-11-9-22(10-12-23)14-16-5-7-19(21)8-6-16/h2-8,13H,9-12,14-15H2,1H3. The zero-order valence-electron chi connectivity index (χ0n) is 14.5.